The van der Waals surface area contributed by atoms with Crippen molar-refractivity contribution in [1.29, 1.82) is 0 Å². The molecule has 106 valence electrons. The van der Waals surface area contributed by atoms with Crippen LogP contribution in [0, 0.1) is 6.92 Å². The fourth-order valence-corrected chi connectivity index (χ4v) is 1.85. The number of hydrogen-bond acceptors (Lipinski definition) is 2. The van der Waals surface area contributed by atoms with Gasteiger partial charge in [0.25, 0.3) is 0 Å². The van der Waals surface area contributed by atoms with Crippen LogP contribution in [-0.2, 0) is 12.7 Å². The van der Waals surface area contributed by atoms with E-state index in [1.54, 1.807) is 6.07 Å². The first-order valence-corrected chi connectivity index (χ1v) is 6.13. The summed E-state index contributed by atoms with van der Waals surface area (Å²) >= 11 is 0. The summed E-state index contributed by atoms with van der Waals surface area (Å²) in [7, 11) is 0. The molecule has 0 heterocycles. The van der Waals surface area contributed by atoms with E-state index < -0.39 is 11.7 Å². The number of rotatable bonds is 3. The highest BCUT2D eigenvalue weighted by atomic mass is 19.4. The normalized spacial score (nSPS) is 11.4. The number of benzene rings is 2. The molecule has 0 fully saturated rings. The highest BCUT2D eigenvalue weighted by Gasteiger charge is 2.29. The Balaban J connectivity index is 2.06. The van der Waals surface area contributed by atoms with E-state index in [-0.39, 0.29) is 0 Å². The average molecular weight is 280 g/mol. The summed E-state index contributed by atoms with van der Waals surface area (Å²) in [6.45, 7) is 2.34. The van der Waals surface area contributed by atoms with E-state index in [1.807, 2.05) is 19.1 Å². The van der Waals surface area contributed by atoms with Crippen LogP contribution < -0.4 is 11.1 Å². The number of alkyl halides is 3. The summed E-state index contributed by atoms with van der Waals surface area (Å²) < 4.78 is 37.3. The van der Waals surface area contributed by atoms with E-state index in [4.69, 9.17) is 5.73 Å². The Kier molecular flexibility index (Phi) is 3.88. The molecule has 0 atom stereocenters. The van der Waals surface area contributed by atoms with Crippen LogP contribution >= 0.6 is 0 Å². The Labute approximate surface area is 115 Å². The summed E-state index contributed by atoms with van der Waals surface area (Å²) in [4.78, 5) is 0. The van der Waals surface area contributed by atoms with Crippen molar-refractivity contribution in [3.8, 4) is 0 Å². The van der Waals surface area contributed by atoms with Gasteiger partial charge in [-0.05, 0) is 42.3 Å². The molecule has 0 amide bonds. The summed E-state index contributed by atoms with van der Waals surface area (Å²) in [5, 5.41) is 3.17. The van der Waals surface area contributed by atoms with Crippen molar-refractivity contribution in [2.75, 3.05) is 11.1 Å². The molecule has 2 rings (SSSR count). The Morgan fingerprint density at radius 3 is 2.30 bits per heavy atom. The lowest BCUT2D eigenvalue weighted by Crippen LogP contribution is -2.06. The molecule has 5 heteroatoms. The summed E-state index contributed by atoms with van der Waals surface area (Å²) in [6, 6.07) is 10.6. The third-order valence-corrected chi connectivity index (χ3v) is 3.14. The van der Waals surface area contributed by atoms with Crippen LogP contribution in [-0.4, -0.2) is 0 Å². The molecule has 0 aliphatic heterocycles. The summed E-state index contributed by atoms with van der Waals surface area (Å²) in [6.07, 6.45) is -4.30. The summed E-state index contributed by atoms with van der Waals surface area (Å²) in [5.74, 6) is 0. The lowest BCUT2D eigenvalue weighted by Gasteiger charge is -2.12. The zero-order valence-corrected chi connectivity index (χ0v) is 11.0. The minimum Gasteiger partial charge on any atom is -0.398 e. The fourth-order valence-electron chi connectivity index (χ4n) is 1.85. The Hall–Kier alpha value is -2.17. The van der Waals surface area contributed by atoms with Crippen LogP contribution in [0.1, 0.15) is 16.7 Å². The van der Waals surface area contributed by atoms with Crippen LogP contribution in [0.25, 0.3) is 0 Å². The molecule has 0 unspecified atom stereocenters. The van der Waals surface area contributed by atoms with Gasteiger partial charge in [-0.1, -0.05) is 18.2 Å². The minimum atomic E-state index is -4.30. The molecule has 0 aromatic heterocycles. The third-order valence-electron chi connectivity index (χ3n) is 3.14. The maximum Gasteiger partial charge on any atom is 0.416 e. The fraction of sp³-hybridized carbons (Fsp3) is 0.200. The first-order valence-electron chi connectivity index (χ1n) is 6.13. The number of halogens is 3. The van der Waals surface area contributed by atoms with Crippen LogP contribution in [0.4, 0.5) is 24.5 Å². The van der Waals surface area contributed by atoms with Crippen molar-refractivity contribution in [2.24, 2.45) is 0 Å². The monoisotopic (exact) mass is 280 g/mol. The summed E-state index contributed by atoms with van der Waals surface area (Å²) in [5.41, 5.74) is 8.42. The molecule has 2 nitrogen and oxygen atoms in total. The third kappa shape index (κ3) is 3.23. The van der Waals surface area contributed by atoms with Crippen molar-refractivity contribution < 1.29 is 13.2 Å². The molecule has 0 saturated carbocycles. The van der Waals surface area contributed by atoms with Crippen LogP contribution in [0.3, 0.4) is 0 Å². The molecule has 2 aromatic carbocycles. The van der Waals surface area contributed by atoms with Crippen molar-refractivity contribution in [3.63, 3.8) is 0 Å². The van der Waals surface area contributed by atoms with E-state index in [9.17, 15) is 13.2 Å². The van der Waals surface area contributed by atoms with Crippen molar-refractivity contribution in [2.45, 2.75) is 19.6 Å². The molecular weight excluding hydrogens is 265 g/mol. The number of nitrogen functional groups attached to an aromatic ring is 1. The second kappa shape index (κ2) is 5.45. The first-order chi connectivity index (χ1) is 9.38. The lowest BCUT2D eigenvalue weighted by molar-refractivity contribution is -0.137. The Morgan fingerprint density at radius 2 is 1.70 bits per heavy atom. The van der Waals surface area contributed by atoms with Crippen LogP contribution in [0.5, 0.6) is 0 Å². The van der Waals surface area contributed by atoms with Gasteiger partial charge in [-0.3, -0.25) is 0 Å². The smallest absolute Gasteiger partial charge is 0.398 e. The molecule has 0 aliphatic rings. The first kappa shape index (κ1) is 14.2. The van der Waals surface area contributed by atoms with Gasteiger partial charge in [0.2, 0.25) is 0 Å². The molecule has 2 aromatic rings. The van der Waals surface area contributed by atoms with Gasteiger partial charge in [0, 0.05) is 17.9 Å². The van der Waals surface area contributed by atoms with Crippen molar-refractivity contribution in [3.05, 3.63) is 59.2 Å². The highest BCUT2D eigenvalue weighted by molar-refractivity contribution is 5.62. The van der Waals surface area contributed by atoms with Gasteiger partial charge in [-0.2, -0.15) is 13.2 Å². The second-order valence-electron chi connectivity index (χ2n) is 4.57. The van der Waals surface area contributed by atoms with Crippen molar-refractivity contribution in [1.82, 2.24) is 0 Å². The maximum absolute atomic E-state index is 12.4. The Morgan fingerprint density at radius 1 is 1.05 bits per heavy atom. The molecule has 20 heavy (non-hydrogen) atoms. The highest BCUT2D eigenvalue weighted by Crippen LogP contribution is 2.29. The Bertz CT molecular complexity index is 589. The van der Waals surface area contributed by atoms with Crippen LogP contribution in [0.2, 0.25) is 0 Å². The van der Waals surface area contributed by atoms with Gasteiger partial charge in [0.05, 0.1) is 5.56 Å². The van der Waals surface area contributed by atoms with E-state index in [0.29, 0.717) is 12.2 Å². The number of nitrogens with one attached hydrogen (secondary N) is 1. The lowest BCUT2D eigenvalue weighted by atomic mass is 10.1. The quantitative estimate of drug-likeness (QED) is 0.827. The molecule has 0 bridgehead atoms. The van der Waals surface area contributed by atoms with E-state index >= 15 is 0 Å². The van der Waals surface area contributed by atoms with Gasteiger partial charge in [0.15, 0.2) is 0 Å². The molecule has 0 aliphatic carbocycles. The van der Waals surface area contributed by atoms with Gasteiger partial charge >= 0.3 is 6.18 Å². The largest absolute Gasteiger partial charge is 0.416 e. The predicted octanol–water partition coefficient (Wildman–Crippen LogP) is 4.21. The average Bonchev–Trinajstić information content (AvgIpc) is 2.40. The second-order valence-corrected chi connectivity index (χ2v) is 4.57. The molecular formula is C15H15F3N2. The van der Waals surface area contributed by atoms with Gasteiger partial charge in [-0.15, -0.1) is 0 Å². The van der Waals surface area contributed by atoms with Crippen molar-refractivity contribution >= 4 is 11.4 Å². The zero-order chi connectivity index (χ0) is 14.8. The molecule has 0 radical (unpaired) electrons. The van der Waals surface area contributed by atoms with Crippen LogP contribution in [0.15, 0.2) is 42.5 Å². The molecule has 3 N–H and O–H groups in total. The number of anilines is 2. The minimum absolute atomic E-state index is 0.447. The predicted molar refractivity (Wildman–Crippen MR) is 74.4 cm³/mol. The van der Waals surface area contributed by atoms with Gasteiger partial charge in [0.1, 0.15) is 0 Å². The standard InChI is InChI=1S/C15H15F3N2/c1-10-13(19)3-2-4-14(10)20-9-11-5-7-12(8-6-11)15(16,17)18/h2-8,20H,9,19H2,1H3. The molecule has 0 saturated heterocycles. The van der Waals surface area contributed by atoms with E-state index in [1.165, 1.54) is 12.1 Å². The number of hydrogen-bond donors (Lipinski definition) is 2. The van der Waals surface area contributed by atoms with Gasteiger partial charge in [-0.25, -0.2) is 0 Å². The molecule has 0 spiro atoms. The maximum atomic E-state index is 12.4. The number of nitrogens with two attached hydrogens (primary N) is 1. The topological polar surface area (TPSA) is 38.0 Å². The zero-order valence-electron chi connectivity index (χ0n) is 11.0. The van der Waals surface area contributed by atoms with Gasteiger partial charge < -0.3 is 11.1 Å². The SMILES string of the molecule is Cc1c(N)cccc1NCc1ccc(C(F)(F)F)cc1. The van der Waals surface area contributed by atoms with E-state index in [2.05, 4.69) is 5.32 Å². The van der Waals surface area contributed by atoms with E-state index in [0.717, 1.165) is 28.9 Å².